The molecule has 1 amide bonds. The minimum atomic E-state index is -1.01. The molecular weight excluding hydrogens is 422 g/mol. The summed E-state index contributed by atoms with van der Waals surface area (Å²) >= 11 is 0. The first-order valence-electron chi connectivity index (χ1n) is 10.9. The van der Waals surface area contributed by atoms with E-state index in [1.54, 1.807) is 25.1 Å². The molecule has 172 valence electrons. The van der Waals surface area contributed by atoms with Crippen LogP contribution in [0, 0.1) is 13.8 Å². The number of hydrogen-bond acceptors (Lipinski definition) is 6. The van der Waals surface area contributed by atoms with Crippen LogP contribution in [0.3, 0.4) is 0 Å². The second-order valence-electron chi connectivity index (χ2n) is 7.79. The SMILES string of the molecule is CCOC(=O)[C@H](NC(=O)[C@@H]1COc2ccccc2O1)c1c(C)nn(Cc2ccccc2)c1C. The Morgan fingerprint density at radius 2 is 1.82 bits per heavy atom. The second-order valence-corrected chi connectivity index (χ2v) is 7.79. The molecule has 8 heteroatoms. The summed E-state index contributed by atoms with van der Waals surface area (Å²) in [7, 11) is 0. The molecule has 4 rings (SSSR count). The van der Waals surface area contributed by atoms with Gasteiger partial charge in [0.05, 0.1) is 18.8 Å². The summed E-state index contributed by atoms with van der Waals surface area (Å²) in [6, 6.07) is 16.0. The molecule has 2 aromatic carbocycles. The third-order valence-electron chi connectivity index (χ3n) is 5.51. The highest BCUT2D eigenvalue weighted by Gasteiger charge is 2.34. The van der Waals surface area contributed by atoms with Crippen molar-refractivity contribution in [3.63, 3.8) is 0 Å². The predicted molar refractivity (Wildman–Crippen MR) is 121 cm³/mol. The first kappa shape index (κ1) is 22.4. The molecule has 0 spiro atoms. The maximum atomic E-state index is 13.1. The molecule has 2 heterocycles. The quantitative estimate of drug-likeness (QED) is 0.558. The predicted octanol–water partition coefficient (Wildman–Crippen LogP) is 3.11. The van der Waals surface area contributed by atoms with Crippen LogP contribution in [0.2, 0.25) is 0 Å². The fraction of sp³-hybridized carbons (Fsp3) is 0.320. The van der Waals surface area contributed by atoms with E-state index in [0.717, 1.165) is 11.3 Å². The largest absolute Gasteiger partial charge is 0.485 e. The van der Waals surface area contributed by atoms with Crippen LogP contribution in [-0.2, 0) is 20.9 Å². The summed E-state index contributed by atoms with van der Waals surface area (Å²) in [5.74, 6) is 0.0580. The highest BCUT2D eigenvalue weighted by molar-refractivity contribution is 5.88. The highest BCUT2D eigenvalue weighted by atomic mass is 16.6. The Balaban J connectivity index is 1.58. The van der Waals surface area contributed by atoms with Crippen molar-refractivity contribution in [2.24, 2.45) is 0 Å². The van der Waals surface area contributed by atoms with Crippen LogP contribution in [0.25, 0.3) is 0 Å². The van der Waals surface area contributed by atoms with E-state index in [4.69, 9.17) is 14.2 Å². The van der Waals surface area contributed by atoms with Crippen molar-refractivity contribution < 1.29 is 23.8 Å². The number of rotatable bonds is 7. The molecule has 3 aromatic rings. The van der Waals surface area contributed by atoms with Gasteiger partial charge in [0.2, 0.25) is 6.10 Å². The van der Waals surface area contributed by atoms with Gasteiger partial charge < -0.3 is 19.5 Å². The van der Waals surface area contributed by atoms with Crippen molar-refractivity contribution in [1.82, 2.24) is 15.1 Å². The summed E-state index contributed by atoms with van der Waals surface area (Å²) in [6.45, 7) is 6.21. The molecule has 0 bridgehead atoms. The first-order chi connectivity index (χ1) is 16.0. The van der Waals surface area contributed by atoms with Crippen LogP contribution in [0.5, 0.6) is 11.5 Å². The molecule has 0 saturated carbocycles. The standard InChI is InChI=1S/C25H27N3O5/c1-4-31-25(30)23(26-24(29)21-15-32-19-12-8-9-13-20(19)33-21)22-16(2)27-28(17(22)3)14-18-10-6-5-7-11-18/h5-13,21,23H,4,14-15H2,1-3H3,(H,26,29)/t21-,23+/m0/s1. The third kappa shape index (κ3) is 4.84. The molecule has 0 saturated heterocycles. The summed E-state index contributed by atoms with van der Waals surface area (Å²) < 4.78 is 18.6. The second kappa shape index (κ2) is 9.77. The fourth-order valence-electron chi connectivity index (χ4n) is 3.90. The van der Waals surface area contributed by atoms with Gasteiger partial charge in [0, 0.05) is 11.3 Å². The minimum absolute atomic E-state index is 0.0453. The lowest BCUT2D eigenvalue weighted by atomic mass is 10.0. The first-order valence-corrected chi connectivity index (χ1v) is 10.9. The number of hydrogen-bond donors (Lipinski definition) is 1. The number of nitrogens with one attached hydrogen (secondary N) is 1. The van der Waals surface area contributed by atoms with Crippen molar-refractivity contribution in [2.45, 2.75) is 39.5 Å². The van der Waals surface area contributed by atoms with Gasteiger partial charge in [-0.1, -0.05) is 42.5 Å². The third-order valence-corrected chi connectivity index (χ3v) is 5.51. The Bertz CT molecular complexity index is 1140. The lowest BCUT2D eigenvalue weighted by Crippen LogP contribution is -2.47. The van der Waals surface area contributed by atoms with Gasteiger partial charge in [0.15, 0.2) is 17.5 Å². The lowest BCUT2D eigenvalue weighted by Gasteiger charge is -2.27. The summed E-state index contributed by atoms with van der Waals surface area (Å²) in [5, 5.41) is 7.43. The zero-order chi connectivity index (χ0) is 23.4. The van der Waals surface area contributed by atoms with E-state index >= 15 is 0 Å². The molecule has 0 fully saturated rings. The number of nitrogens with zero attached hydrogens (tertiary/aromatic N) is 2. The van der Waals surface area contributed by atoms with E-state index in [1.807, 2.05) is 54.9 Å². The zero-order valence-corrected chi connectivity index (χ0v) is 18.9. The molecule has 1 aliphatic heterocycles. The van der Waals surface area contributed by atoms with Crippen LogP contribution >= 0.6 is 0 Å². The van der Waals surface area contributed by atoms with Gasteiger partial charge in [-0.3, -0.25) is 9.48 Å². The summed E-state index contributed by atoms with van der Waals surface area (Å²) in [6.07, 6.45) is -0.892. The Labute approximate surface area is 192 Å². The fourth-order valence-corrected chi connectivity index (χ4v) is 3.90. The number of carbonyl (C=O) groups is 2. The smallest absolute Gasteiger partial charge is 0.333 e. The summed E-state index contributed by atoms with van der Waals surface area (Å²) in [4.78, 5) is 26.0. The molecule has 8 nitrogen and oxygen atoms in total. The average Bonchev–Trinajstić information content (AvgIpc) is 3.10. The Kier molecular flexibility index (Phi) is 6.63. The number of para-hydroxylation sites is 2. The van der Waals surface area contributed by atoms with E-state index in [2.05, 4.69) is 10.4 Å². The van der Waals surface area contributed by atoms with Crippen molar-refractivity contribution in [2.75, 3.05) is 13.2 Å². The van der Waals surface area contributed by atoms with Crippen LogP contribution in [0.4, 0.5) is 0 Å². The van der Waals surface area contributed by atoms with E-state index in [0.29, 0.717) is 29.3 Å². The molecule has 0 unspecified atom stereocenters. The number of amides is 1. The van der Waals surface area contributed by atoms with E-state index in [-0.39, 0.29) is 13.2 Å². The van der Waals surface area contributed by atoms with E-state index in [1.165, 1.54) is 0 Å². The number of carbonyl (C=O) groups excluding carboxylic acids is 2. The van der Waals surface area contributed by atoms with Crippen molar-refractivity contribution in [1.29, 1.82) is 0 Å². The van der Waals surface area contributed by atoms with Gasteiger partial charge in [-0.05, 0) is 38.5 Å². The maximum Gasteiger partial charge on any atom is 0.333 e. The van der Waals surface area contributed by atoms with Gasteiger partial charge in [-0.25, -0.2) is 4.79 Å². The average molecular weight is 450 g/mol. The van der Waals surface area contributed by atoms with Gasteiger partial charge in [-0.2, -0.15) is 5.10 Å². The molecule has 0 radical (unpaired) electrons. The molecule has 1 N–H and O–H groups in total. The molecule has 0 aliphatic carbocycles. The van der Waals surface area contributed by atoms with Crippen LogP contribution in [-0.4, -0.2) is 41.0 Å². The molecule has 1 aromatic heterocycles. The van der Waals surface area contributed by atoms with Crippen molar-refractivity contribution in [3.8, 4) is 11.5 Å². The number of esters is 1. The van der Waals surface area contributed by atoms with Crippen molar-refractivity contribution >= 4 is 11.9 Å². The normalized spacial score (nSPS) is 15.5. The van der Waals surface area contributed by atoms with Gasteiger partial charge >= 0.3 is 5.97 Å². The number of aryl methyl sites for hydroxylation is 1. The van der Waals surface area contributed by atoms with Crippen LogP contribution in [0.15, 0.2) is 54.6 Å². The lowest BCUT2D eigenvalue weighted by molar-refractivity contribution is -0.149. The Morgan fingerprint density at radius 1 is 1.12 bits per heavy atom. The van der Waals surface area contributed by atoms with Crippen LogP contribution in [0.1, 0.15) is 35.5 Å². The van der Waals surface area contributed by atoms with Crippen molar-refractivity contribution in [3.05, 3.63) is 77.1 Å². The Morgan fingerprint density at radius 3 is 2.55 bits per heavy atom. The topological polar surface area (TPSA) is 91.7 Å². The number of aromatic nitrogens is 2. The zero-order valence-electron chi connectivity index (χ0n) is 18.9. The maximum absolute atomic E-state index is 13.1. The Hall–Kier alpha value is -3.81. The van der Waals surface area contributed by atoms with E-state index in [9.17, 15) is 9.59 Å². The van der Waals surface area contributed by atoms with Gasteiger partial charge in [0.25, 0.3) is 5.91 Å². The molecule has 1 aliphatic rings. The minimum Gasteiger partial charge on any atom is -0.485 e. The molecule has 33 heavy (non-hydrogen) atoms. The van der Waals surface area contributed by atoms with E-state index < -0.39 is 24.0 Å². The van der Waals surface area contributed by atoms with Gasteiger partial charge in [0.1, 0.15) is 6.61 Å². The van der Waals surface area contributed by atoms with Gasteiger partial charge in [-0.15, -0.1) is 0 Å². The number of benzene rings is 2. The highest BCUT2D eigenvalue weighted by Crippen LogP contribution is 2.31. The number of ether oxygens (including phenoxy) is 3. The molecule has 2 atom stereocenters. The number of fused-ring (bicyclic) bond motifs is 1. The molecular formula is C25H27N3O5. The van der Waals surface area contributed by atoms with Crippen LogP contribution < -0.4 is 14.8 Å². The summed E-state index contributed by atoms with van der Waals surface area (Å²) in [5.41, 5.74) is 3.13. The monoisotopic (exact) mass is 449 g/mol.